The fraction of sp³-hybridized carbons (Fsp3) is 0.478. The van der Waals surface area contributed by atoms with Crippen molar-refractivity contribution in [1.29, 1.82) is 0 Å². The lowest BCUT2D eigenvalue weighted by molar-refractivity contribution is -0.142. The van der Waals surface area contributed by atoms with Crippen molar-refractivity contribution in [1.82, 2.24) is 52.2 Å². The Morgan fingerprint density at radius 2 is 0.760 bits per heavy atom. The predicted molar refractivity (Wildman–Crippen MR) is 372 cm³/mol. The van der Waals surface area contributed by atoms with Gasteiger partial charge >= 0.3 is 5.97 Å². The molecule has 7 atom stereocenters. The van der Waals surface area contributed by atoms with E-state index in [0.717, 1.165) is 64.8 Å². The number of aliphatic carboxylic acids is 1. The molecule has 96 heavy (non-hydrogen) atoms. The molecule has 7 amide bonds. The Balaban J connectivity index is 1.27. The Morgan fingerprint density at radius 1 is 0.417 bits per heavy atom. The SMILES string of the molecule is CCCCCCCCCC(=O)NCCCC[C@H](NC(=O)[C@H](Cc1c[nH]c2ccccc12)NC(=O)[C@H](CCCN=C(N)N)NC(=O)[C@H](Cc1c[nH]c2ccccc12)NC(=O)[C@H](CCCN=C(N)N)NC(=O)[C@H](Cc1c[nH]c2ccccc12)NC(=O)[C@@H](N)CCCN=C(N)N)C(=O)O. The second kappa shape index (κ2) is 39.5. The zero-order valence-electron chi connectivity index (χ0n) is 54.8. The van der Waals surface area contributed by atoms with Gasteiger partial charge in [0.2, 0.25) is 41.4 Å². The van der Waals surface area contributed by atoms with Gasteiger partial charge in [0, 0.05) is 103 Å². The standard InChI is InChI=1S/C67H98N20O9/c1-2-3-4-5-6-7-8-30-57(88)75-31-16-15-27-53(64(95)96)84-63(94)56(37-43-40-81-50-26-14-11-22-46(43)50)87-60(91)52(29-19-34-78-67(73)74)83-62(93)55(36-42-39-80-49-25-13-10-21-45(42)49)86-59(90)51(28-18-33-77-66(71)72)82-61(92)54(35-41-38-79-48-24-12-9-20-44(41)48)85-58(89)47(68)23-17-32-76-65(69)70/h9-14,20-22,24-26,38-40,47,51-56,79-81H,2-8,15-19,23,27-37,68H2,1H3,(H,75,88)(H,82,92)(H,83,93)(H,84,94)(H,85,89)(H,86,90)(H,87,91)(H,95,96)(H4,69,70,76)(H4,71,72,77)(H4,73,74,78)/t47-,51-,52-,53-,54-,55-,56-/m0/s1. The molecule has 25 N–H and O–H groups in total. The fourth-order valence-corrected chi connectivity index (χ4v) is 11.3. The molecule has 0 spiro atoms. The van der Waals surface area contributed by atoms with Gasteiger partial charge in [0.25, 0.3) is 0 Å². The number of amides is 7. The van der Waals surface area contributed by atoms with Crippen LogP contribution in [0.25, 0.3) is 32.7 Å². The maximum Gasteiger partial charge on any atom is 0.326 e. The van der Waals surface area contributed by atoms with Crippen LogP contribution in [0, 0.1) is 0 Å². The minimum absolute atomic E-state index is 0.0107. The number of guanidine groups is 3. The van der Waals surface area contributed by atoms with Gasteiger partial charge < -0.3 is 97.4 Å². The molecule has 29 nitrogen and oxygen atoms in total. The van der Waals surface area contributed by atoms with Crippen molar-refractivity contribution in [2.75, 3.05) is 26.2 Å². The second-order valence-corrected chi connectivity index (χ2v) is 24.1. The molecule has 3 heterocycles. The van der Waals surface area contributed by atoms with E-state index in [-0.39, 0.29) is 101 Å². The van der Waals surface area contributed by atoms with E-state index in [1.807, 2.05) is 66.7 Å². The van der Waals surface area contributed by atoms with E-state index in [0.29, 0.717) is 48.9 Å². The highest BCUT2D eigenvalue weighted by Gasteiger charge is 2.35. The summed E-state index contributed by atoms with van der Waals surface area (Å²) in [6, 6.07) is 12.5. The highest BCUT2D eigenvalue weighted by atomic mass is 16.4. The number of aliphatic imine (C=N–C) groups is 3. The average molecular weight is 1330 g/mol. The van der Waals surface area contributed by atoms with Gasteiger partial charge in [-0.3, -0.25) is 48.5 Å². The number of H-pyrrole nitrogens is 3. The zero-order valence-corrected chi connectivity index (χ0v) is 54.8. The molecule has 0 aliphatic rings. The number of benzene rings is 3. The normalized spacial score (nSPS) is 13.4. The quantitative estimate of drug-likeness (QED) is 0.0148. The minimum Gasteiger partial charge on any atom is -0.480 e. The van der Waals surface area contributed by atoms with Gasteiger partial charge in [0.15, 0.2) is 17.9 Å². The molecule has 3 aromatic carbocycles. The fourth-order valence-electron chi connectivity index (χ4n) is 11.3. The smallest absolute Gasteiger partial charge is 0.326 e. The van der Waals surface area contributed by atoms with Crippen molar-refractivity contribution in [3.8, 4) is 0 Å². The first-order chi connectivity index (χ1) is 46.2. The first-order valence-electron chi connectivity index (χ1n) is 33.1. The number of nitrogens with two attached hydrogens (primary N) is 7. The van der Waals surface area contributed by atoms with E-state index in [1.54, 1.807) is 24.7 Å². The number of carboxylic acids is 1. The van der Waals surface area contributed by atoms with Crippen LogP contribution in [0.4, 0.5) is 0 Å². The number of para-hydroxylation sites is 3. The molecule has 0 bridgehead atoms. The van der Waals surface area contributed by atoms with E-state index < -0.39 is 83.7 Å². The number of hydrogen-bond acceptors (Lipinski definition) is 12. The first kappa shape index (κ1) is 74.8. The number of rotatable bonds is 44. The molecule has 520 valence electrons. The van der Waals surface area contributed by atoms with Crippen molar-refractivity contribution < 1.29 is 43.5 Å². The summed E-state index contributed by atoms with van der Waals surface area (Å²) in [7, 11) is 0. The largest absolute Gasteiger partial charge is 0.480 e. The third-order valence-corrected chi connectivity index (χ3v) is 16.5. The third kappa shape index (κ3) is 24.9. The summed E-state index contributed by atoms with van der Waals surface area (Å²) < 4.78 is 0. The lowest BCUT2D eigenvalue weighted by atomic mass is 10.0. The van der Waals surface area contributed by atoms with E-state index in [2.05, 4.69) is 74.1 Å². The molecule has 0 saturated heterocycles. The van der Waals surface area contributed by atoms with Gasteiger partial charge in [0.05, 0.1) is 6.04 Å². The zero-order chi connectivity index (χ0) is 69.4. The van der Waals surface area contributed by atoms with Gasteiger partial charge in [-0.05, 0) is 99.1 Å². The maximum absolute atomic E-state index is 15.2. The summed E-state index contributed by atoms with van der Waals surface area (Å²) in [6.45, 7) is 2.76. The number of fused-ring (bicyclic) bond motifs is 3. The summed E-state index contributed by atoms with van der Waals surface area (Å²) in [4.78, 5) is 136. The van der Waals surface area contributed by atoms with Crippen LogP contribution in [0.2, 0.25) is 0 Å². The molecule has 0 radical (unpaired) electrons. The predicted octanol–water partition coefficient (Wildman–Crippen LogP) is 2.07. The molecule has 6 rings (SSSR count). The maximum atomic E-state index is 15.2. The first-order valence-corrected chi connectivity index (χ1v) is 33.1. The van der Waals surface area contributed by atoms with Crippen molar-refractivity contribution in [2.45, 2.75) is 178 Å². The molecule has 6 aromatic rings. The molecule has 0 fully saturated rings. The van der Waals surface area contributed by atoms with E-state index >= 15 is 14.4 Å². The topological polar surface area (TPSA) is 508 Å². The van der Waals surface area contributed by atoms with Crippen molar-refractivity contribution in [3.63, 3.8) is 0 Å². The number of carbonyl (C=O) groups excluding carboxylic acids is 7. The summed E-state index contributed by atoms with van der Waals surface area (Å²) >= 11 is 0. The molecule has 0 saturated carbocycles. The van der Waals surface area contributed by atoms with Crippen LogP contribution in [0.5, 0.6) is 0 Å². The number of carbonyl (C=O) groups is 8. The molecule has 3 aromatic heterocycles. The van der Waals surface area contributed by atoms with Crippen LogP contribution >= 0.6 is 0 Å². The van der Waals surface area contributed by atoms with E-state index in [4.69, 9.17) is 40.1 Å². The van der Waals surface area contributed by atoms with E-state index in [1.165, 1.54) is 12.8 Å². The lowest BCUT2D eigenvalue weighted by Crippen LogP contribution is -2.60. The number of aromatic nitrogens is 3. The highest BCUT2D eigenvalue weighted by molar-refractivity contribution is 5.98. The van der Waals surface area contributed by atoms with Gasteiger partial charge in [-0.2, -0.15) is 0 Å². The number of hydrogen-bond donors (Lipinski definition) is 18. The third-order valence-electron chi connectivity index (χ3n) is 16.5. The summed E-state index contributed by atoms with van der Waals surface area (Å²) in [5.41, 5.74) is 44.1. The molecule has 29 heteroatoms. The minimum atomic E-state index is -1.47. The van der Waals surface area contributed by atoms with Crippen LogP contribution in [-0.4, -0.2) is 154 Å². The Hall–Kier alpha value is -10.2. The van der Waals surface area contributed by atoms with Crippen molar-refractivity contribution >= 4 is 97.9 Å². The number of aromatic amines is 3. The molecular weight excluding hydrogens is 1230 g/mol. The number of nitrogens with zero attached hydrogens (tertiary/aromatic N) is 3. The number of carboxylic acid groups (broad SMARTS) is 1. The summed E-state index contributed by atoms with van der Waals surface area (Å²) in [6.07, 6.45) is 14.1. The lowest BCUT2D eigenvalue weighted by Gasteiger charge is -2.28. The Morgan fingerprint density at radius 3 is 1.17 bits per heavy atom. The van der Waals surface area contributed by atoms with Gasteiger partial charge in [-0.15, -0.1) is 0 Å². The van der Waals surface area contributed by atoms with Crippen molar-refractivity contribution in [2.24, 2.45) is 55.1 Å². The molecule has 0 unspecified atom stereocenters. The van der Waals surface area contributed by atoms with Crippen LogP contribution in [0.1, 0.15) is 133 Å². The number of nitrogens with one attached hydrogen (secondary N) is 10. The highest BCUT2D eigenvalue weighted by Crippen LogP contribution is 2.23. The van der Waals surface area contributed by atoms with Crippen LogP contribution in [0.15, 0.2) is 106 Å². The summed E-state index contributed by atoms with van der Waals surface area (Å²) in [5, 5.41) is 32.3. The molecular formula is C67H98N20O9. The van der Waals surface area contributed by atoms with Crippen molar-refractivity contribution in [3.05, 3.63) is 108 Å². The van der Waals surface area contributed by atoms with Crippen LogP contribution in [0.3, 0.4) is 0 Å². The molecule has 0 aliphatic heterocycles. The average Bonchev–Trinajstić information content (AvgIpc) is 1.65. The van der Waals surface area contributed by atoms with Gasteiger partial charge in [0.1, 0.15) is 36.3 Å². The Kier molecular flexibility index (Phi) is 30.8. The second-order valence-electron chi connectivity index (χ2n) is 24.1. The van der Waals surface area contributed by atoms with Gasteiger partial charge in [-0.1, -0.05) is 100 Å². The monoisotopic (exact) mass is 1330 g/mol. The molecule has 0 aliphatic carbocycles. The van der Waals surface area contributed by atoms with Crippen LogP contribution in [-0.2, 0) is 57.6 Å². The van der Waals surface area contributed by atoms with Gasteiger partial charge in [-0.25, -0.2) is 4.79 Å². The summed E-state index contributed by atoms with van der Waals surface area (Å²) in [5.74, 6) is -6.71. The Bertz CT molecular complexity index is 3600. The number of unbranched alkanes of at least 4 members (excludes halogenated alkanes) is 7. The van der Waals surface area contributed by atoms with Crippen LogP contribution < -0.4 is 77.4 Å². The Labute approximate surface area is 558 Å². The van der Waals surface area contributed by atoms with E-state index in [9.17, 15) is 29.1 Å².